The van der Waals surface area contributed by atoms with Gasteiger partial charge in [-0.15, -0.1) is 0 Å². The van der Waals surface area contributed by atoms with E-state index in [-0.39, 0.29) is 12.1 Å². The van der Waals surface area contributed by atoms with Crippen LogP contribution in [-0.2, 0) is 25.7 Å². The molecule has 4 rings (SSSR count). The van der Waals surface area contributed by atoms with Gasteiger partial charge < -0.3 is 0 Å². The van der Waals surface area contributed by atoms with Crippen LogP contribution in [0, 0.1) is 11.6 Å². The molecule has 2 heterocycles. The molecule has 0 bridgehead atoms. The van der Waals surface area contributed by atoms with Crippen LogP contribution in [0.3, 0.4) is 0 Å². The Bertz CT molecular complexity index is 1010. The van der Waals surface area contributed by atoms with Gasteiger partial charge in [0.1, 0.15) is 11.6 Å². The summed E-state index contributed by atoms with van der Waals surface area (Å²) < 4.78 is 65.9. The highest BCUT2D eigenvalue weighted by Crippen LogP contribution is 2.30. The van der Waals surface area contributed by atoms with Gasteiger partial charge in [-0.25, -0.2) is 18.7 Å². The Kier molecular flexibility index (Phi) is 5.04. The molecule has 0 atom stereocenters. The average Bonchev–Trinajstić information content (AvgIpc) is 2.70. The van der Waals surface area contributed by atoms with Gasteiger partial charge in [0.2, 0.25) is 0 Å². The summed E-state index contributed by atoms with van der Waals surface area (Å²) in [6.07, 6.45) is -2.21. The van der Waals surface area contributed by atoms with Gasteiger partial charge in [0.15, 0.2) is 5.82 Å². The number of hydrogen-bond acceptors (Lipinski definition) is 3. The molecule has 8 heteroatoms. The summed E-state index contributed by atoms with van der Waals surface area (Å²) in [6.45, 7) is 1.14. The standard InChI is InChI=1S/C21H16F5N3/c22-17-2-1-3-18(23)16(17)12-29-9-8-19-14(11-29)10-27-20(28-19)13-4-6-15(7-5-13)21(24,25)26/h1-7,10H,8-9,11-12H2. The molecular weight excluding hydrogens is 389 g/mol. The van der Waals surface area contributed by atoms with Crippen molar-refractivity contribution in [3.63, 3.8) is 0 Å². The van der Waals surface area contributed by atoms with Crippen LogP contribution in [0.5, 0.6) is 0 Å². The van der Waals surface area contributed by atoms with Gasteiger partial charge in [-0.1, -0.05) is 18.2 Å². The molecule has 0 saturated heterocycles. The van der Waals surface area contributed by atoms with E-state index in [1.54, 1.807) is 6.20 Å². The molecule has 0 saturated carbocycles. The second-order valence-electron chi connectivity index (χ2n) is 6.90. The highest BCUT2D eigenvalue weighted by atomic mass is 19.4. The molecule has 29 heavy (non-hydrogen) atoms. The van der Waals surface area contributed by atoms with Gasteiger partial charge >= 0.3 is 6.18 Å². The maximum Gasteiger partial charge on any atom is 0.416 e. The predicted molar refractivity (Wildman–Crippen MR) is 96.6 cm³/mol. The van der Waals surface area contributed by atoms with Crippen molar-refractivity contribution in [2.45, 2.75) is 25.7 Å². The summed E-state index contributed by atoms with van der Waals surface area (Å²) in [5.74, 6) is -0.805. The summed E-state index contributed by atoms with van der Waals surface area (Å²) >= 11 is 0. The summed E-state index contributed by atoms with van der Waals surface area (Å²) in [5.41, 5.74) is 1.42. The van der Waals surface area contributed by atoms with Gasteiger partial charge in [0, 0.05) is 48.9 Å². The van der Waals surface area contributed by atoms with Gasteiger partial charge in [0.25, 0.3) is 0 Å². The molecule has 1 aliphatic rings. The smallest absolute Gasteiger partial charge is 0.294 e. The zero-order valence-corrected chi connectivity index (χ0v) is 15.2. The Morgan fingerprint density at radius 2 is 1.66 bits per heavy atom. The second kappa shape index (κ2) is 7.51. The van der Waals surface area contributed by atoms with Crippen LogP contribution in [0.15, 0.2) is 48.7 Å². The lowest BCUT2D eigenvalue weighted by atomic mass is 10.0. The number of halogens is 5. The van der Waals surface area contributed by atoms with E-state index in [0.29, 0.717) is 30.9 Å². The Balaban J connectivity index is 1.51. The first kappa shape index (κ1) is 19.4. The topological polar surface area (TPSA) is 29.0 Å². The van der Waals surface area contributed by atoms with Crippen molar-refractivity contribution in [2.24, 2.45) is 0 Å². The zero-order valence-electron chi connectivity index (χ0n) is 15.2. The fraction of sp³-hybridized carbons (Fsp3) is 0.238. The van der Waals surface area contributed by atoms with Gasteiger partial charge in [-0.05, 0) is 24.3 Å². The lowest BCUT2D eigenvalue weighted by Gasteiger charge is -2.28. The molecule has 0 fully saturated rings. The Morgan fingerprint density at radius 1 is 0.966 bits per heavy atom. The number of nitrogens with zero attached hydrogens (tertiary/aromatic N) is 3. The monoisotopic (exact) mass is 405 g/mol. The van der Waals surface area contributed by atoms with Crippen LogP contribution < -0.4 is 0 Å². The molecule has 0 radical (unpaired) electrons. The number of aromatic nitrogens is 2. The molecule has 0 N–H and O–H groups in total. The van der Waals surface area contributed by atoms with E-state index in [9.17, 15) is 22.0 Å². The first-order valence-corrected chi connectivity index (χ1v) is 8.99. The zero-order chi connectivity index (χ0) is 20.6. The number of rotatable bonds is 3. The molecule has 3 aromatic rings. The summed E-state index contributed by atoms with van der Waals surface area (Å²) in [6, 6.07) is 8.49. The number of alkyl halides is 3. The van der Waals surface area contributed by atoms with E-state index in [0.717, 1.165) is 23.4 Å². The fourth-order valence-electron chi connectivity index (χ4n) is 3.36. The lowest BCUT2D eigenvalue weighted by Crippen LogP contribution is -2.31. The molecule has 0 aliphatic carbocycles. The molecule has 0 unspecified atom stereocenters. The number of fused-ring (bicyclic) bond motifs is 1. The first-order valence-electron chi connectivity index (χ1n) is 8.99. The van der Waals surface area contributed by atoms with Crippen molar-refractivity contribution in [1.29, 1.82) is 0 Å². The van der Waals surface area contributed by atoms with Crippen molar-refractivity contribution in [1.82, 2.24) is 14.9 Å². The molecule has 1 aromatic heterocycles. The van der Waals surface area contributed by atoms with Gasteiger partial charge in [-0.2, -0.15) is 13.2 Å². The predicted octanol–water partition coefficient (Wildman–Crippen LogP) is 5.00. The molecule has 0 spiro atoms. The minimum Gasteiger partial charge on any atom is -0.294 e. The van der Waals surface area contributed by atoms with E-state index in [4.69, 9.17) is 0 Å². The Labute approximate surface area is 163 Å². The van der Waals surface area contributed by atoms with Crippen molar-refractivity contribution in [3.8, 4) is 11.4 Å². The summed E-state index contributed by atoms with van der Waals surface area (Å²) in [4.78, 5) is 10.7. The van der Waals surface area contributed by atoms with Crippen LogP contribution in [-0.4, -0.2) is 21.4 Å². The van der Waals surface area contributed by atoms with Crippen LogP contribution in [0.2, 0.25) is 0 Å². The molecular formula is C21H16F5N3. The van der Waals surface area contributed by atoms with Crippen LogP contribution in [0.25, 0.3) is 11.4 Å². The summed E-state index contributed by atoms with van der Waals surface area (Å²) in [5, 5.41) is 0. The SMILES string of the molecule is Fc1cccc(F)c1CN1CCc2nc(-c3ccc(C(F)(F)F)cc3)ncc2C1. The van der Waals surface area contributed by atoms with Crippen molar-refractivity contribution >= 4 is 0 Å². The minimum atomic E-state index is -4.39. The van der Waals surface area contributed by atoms with E-state index < -0.39 is 23.4 Å². The van der Waals surface area contributed by atoms with Crippen LogP contribution in [0.1, 0.15) is 22.4 Å². The number of benzene rings is 2. The maximum absolute atomic E-state index is 13.9. The number of hydrogen-bond donors (Lipinski definition) is 0. The average molecular weight is 405 g/mol. The van der Waals surface area contributed by atoms with Crippen molar-refractivity contribution in [2.75, 3.05) is 6.54 Å². The van der Waals surface area contributed by atoms with E-state index >= 15 is 0 Å². The largest absolute Gasteiger partial charge is 0.416 e. The van der Waals surface area contributed by atoms with Crippen LogP contribution in [0.4, 0.5) is 22.0 Å². The first-order chi connectivity index (χ1) is 13.8. The van der Waals surface area contributed by atoms with Crippen LogP contribution >= 0.6 is 0 Å². The minimum absolute atomic E-state index is 0.0262. The maximum atomic E-state index is 13.9. The third-order valence-electron chi connectivity index (χ3n) is 4.93. The lowest BCUT2D eigenvalue weighted by molar-refractivity contribution is -0.137. The Morgan fingerprint density at radius 3 is 2.31 bits per heavy atom. The van der Waals surface area contributed by atoms with Crippen molar-refractivity contribution in [3.05, 3.63) is 82.7 Å². The molecule has 3 nitrogen and oxygen atoms in total. The fourth-order valence-corrected chi connectivity index (χ4v) is 3.36. The molecule has 0 amide bonds. The molecule has 1 aliphatic heterocycles. The van der Waals surface area contributed by atoms with Crippen molar-refractivity contribution < 1.29 is 22.0 Å². The summed E-state index contributed by atoms with van der Waals surface area (Å²) in [7, 11) is 0. The normalized spacial score (nSPS) is 14.7. The van der Waals surface area contributed by atoms with Gasteiger partial charge in [-0.3, -0.25) is 4.90 Å². The van der Waals surface area contributed by atoms with Gasteiger partial charge in [0.05, 0.1) is 11.3 Å². The van der Waals surface area contributed by atoms with E-state index in [2.05, 4.69) is 9.97 Å². The third-order valence-corrected chi connectivity index (χ3v) is 4.93. The highest BCUT2D eigenvalue weighted by molar-refractivity contribution is 5.56. The molecule has 2 aromatic carbocycles. The second-order valence-corrected chi connectivity index (χ2v) is 6.90. The molecule has 150 valence electrons. The van der Waals surface area contributed by atoms with E-state index in [1.807, 2.05) is 4.90 Å². The third kappa shape index (κ3) is 4.12. The quantitative estimate of drug-likeness (QED) is 0.575. The Hall–Kier alpha value is -2.87. The van der Waals surface area contributed by atoms with E-state index in [1.165, 1.54) is 30.3 Å². The highest BCUT2D eigenvalue weighted by Gasteiger charge is 2.30.